The first kappa shape index (κ1) is 30.0. The van der Waals surface area contributed by atoms with Crippen LogP contribution in [0, 0.1) is 5.82 Å². The van der Waals surface area contributed by atoms with E-state index in [9.17, 15) is 14.0 Å². The number of halogens is 1. The molecule has 0 aliphatic carbocycles. The lowest BCUT2D eigenvalue weighted by atomic mass is 10.2. The van der Waals surface area contributed by atoms with E-state index in [1.165, 1.54) is 12.1 Å². The Morgan fingerprint density at radius 2 is 1.60 bits per heavy atom. The lowest BCUT2D eigenvalue weighted by Crippen LogP contribution is -2.33. The predicted molar refractivity (Wildman–Crippen MR) is 149 cm³/mol. The van der Waals surface area contributed by atoms with E-state index in [-0.39, 0.29) is 36.5 Å². The number of hydrogen-bond donors (Lipinski definition) is 3. The maximum atomic E-state index is 14.7. The number of urea groups is 1. The first-order chi connectivity index (χ1) is 20.3. The largest absolute Gasteiger partial charge is 0.481 e. The average molecular weight is 582 g/mol. The third-order valence-electron chi connectivity index (χ3n) is 5.83. The molecule has 4 aromatic rings. The zero-order chi connectivity index (χ0) is 30.1. The van der Waals surface area contributed by atoms with Crippen LogP contribution < -0.4 is 20.7 Å². The zero-order valence-electron chi connectivity index (χ0n) is 23.6. The molecular formula is C28H32FN7O6. The number of nitrogens with zero attached hydrogens (tertiary/aromatic N) is 4. The molecule has 0 saturated heterocycles. The molecule has 0 aliphatic heterocycles. The van der Waals surface area contributed by atoms with Gasteiger partial charge in [-0.05, 0) is 55.8 Å². The second-order valence-electron chi connectivity index (χ2n) is 9.35. The topological polar surface area (TPSA) is 167 Å². The van der Waals surface area contributed by atoms with Gasteiger partial charge in [-0.2, -0.15) is 9.97 Å². The Labute approximate surface area is 241 Å². The Hall–Kier alpha value is -5.01. The lowest BCUT2D eigenvalue weighted by molar-refractivity contribution is 0.147. The molecule has 222 valence electrons. The number of rotatable bonds is 12. The Balaban J connectivity index is 1.34. The van der Waals surface area contributed by atoms with Gasteiger partial charge in [0, 0.05) is 23.6 Å². The van der Waals surface area contributed by atoms with E-state index in [0.29, 0.717) is 36.0 Å². The van der Waals surface area contributed by atoms with Crippen molar-refractivity contribution in [3.8, 4) is 28.5 Å². The van der Waals surface area contributed by atoms with Gasteiger partial charge in [-0.1, -0.05) is 31.1 Å². The molecule has 2 aromatic heterocycles. The maximum absolute atomic E-state index is 14.7. The van der Waals surface area contributed by atoms with Crippen LogP contribution in [-0.4, -0.2) is 52.1 Å². The molecule has 3 N–H and O–H groups in total. The lowest BCUT2D eigenvalue weighted by Gasteiger charge is -2.13. The quantitative estimate of drug-likeness (QED) is 0.183. The molecule has 0 aliphatic rings. The molecule has 1 unspecified atom stereocenters. The number of anilines is 1. The van der Waals surface area contributed by atoms with Gasteiger partial charge in [-0.15, -0.1) is 0 Å². The van der Waals surface area contributed by atoms with Crippen molar-refractivity contribution >= 4 is 17.8 Å². The van der Waals surface area contributed by atoms with Crippen molar-refractivity contribution < 1.29 is 32.5 Å². The minimum atomic E-state index is -0.696. The summed E-state index contributed by atoms with van der Waals surface area (Å²) in [5.41, 5.74) is 1.09. The Morgan fingerprint density at radius 1 is 0.929 bits per heavy atom. The highest BCUT2D eigenvalue weighted by atomic mass is 19.1. The summed E-state index contributed by atoms with van der Waals surface area (Å²) in [5.74, 6) is 1.47. The molecule has 13 nitrogen and oxygen atoms in total. The van der Waals surface area contributed by atoms with E-state index in [0.717, 1.165) is 5.56 Å². The highest BCUT2D eigenvalue weighted by molar-refractivity contribution is 5.89. The fourth-order valence-corrected chi connectivity index (χ4v) is 3.65. The van der Waals surface area contributed by atoms with Crippen molar-refractivity contribution in [1.29, 1.82) is 0 Å². The number of alkyl carbamates (subject to hydrolysis) is 1. The van der Waals surface area contributed by atoms with Crippen LogP contribution in [0.4, 0.5) is 19.7 Å². The highest BCUT2D eigenvalue weighted by Gasteiger charge is 2.21. The van der Waals surface area contributed by atoms with Crippen molar-refractivity contribution in [3.05, 3.63) is 60.1 Å². The van der Waals surface area contributed by atoms with Gasteiger partial charge in [0.05, 0.1) is 12.2 Å². The van der Waals surface area contributed by atoms with Gasteiger partial charge in [0.1, 0.15) is 18.2 Å². The fourth-order valence-electron chi connectivity index (χ4n) is 3.65. The minimum absolute atomic E-state index is 0.0337. The van der Waals surface area contributed by atoms with Crippen LogP contribution in [0.3, 0.4) is 0 Å². The van der Waals surface area contributed by atoms with Crippen molar-refractivity contribution in [2.75, 3.05) is 25.0 Å². The summed E-state index contributed by atoms with van der Waals surface area (Å²) in [6.07, 6.45) is -0.591. The summed E-state index contributed by atoms with van der Waals surface area (Å²) in [5, 5.41) is 15.3. The zero-order valence-corrected chi connectivity index (χ0v) is 23.6. The van der Waals surface area contributed by atoms with Crippen molar-refractivity contribution in [1.82, 2.24) is 30.9 Å². The Bertz CT molecular complexity index is 1490. The summed E-state index contributed by atoms with van der Waals surface area (Å²) >= 11 is 0. The summed E-state index contributed by atoms with van der Waals surface area (Å²) in [7, 11) is 0. The molecular weight excluding hydrogens is 549 g/mol. The van der Waals surface area contributed by atoms with Crippen LogP contribution in [0.25, 0.3) is 22.8 Å². The number of carbonyl (C=O) groups is 2. The molecule has 0 fully saturated rings. The molecule has 0 radical (unpaired) electrons. The first-order valence-electron chi connectivity index (χ1n) is 13.5. The van der Waals surface area contributed by atoms with E-state index in [2.05, 4.69) is 36.2 Å². The normalized spacial score (nSPS) is 11.7. The van der Waals surface area contributed by atoms with Gasteiger partial charge in [0.2, 0.25) is 17.5 Å². The van der Waals surface area contributed by atoms with Gasteiger partial charge >= 0.3 is 12.1 Å². The van der Waals surface area contributed by atoms with Crippen LogP contribution >= 0.6 is 0 Å². The maximum Gasteiger partial charge on any atom is 0.407 e. The molecule has 0 bridgehead atoms. The summed E-state index contributed by atoms with van der Waals surface area (Å²) in [4.78, 5) is 32.1. The van der Waals surface area contributed by atoms with Gasteiger partial charge in [-0.25, -0.2) is 14.0 Å². The number of ether oxygens (including phenoxy) is 2. The van der Waals surface area contributed by atoms with Crippen molar-refractivity contribution in [2.45, 2.75) is 46.1 Å². The predicted octanol–water partition coefficient (Wildman–Crippen LogP) is 5.45. The van der Waals surface area contributed by atoms with Gasteiger partial charge in [-0.3, -0.25) is 0 Å². The standard InChI is InChI=1S/C28H32FN7O6/c1-5-22(40-19-10-7-17(8-11-19)23-33-25(16(3)4)41-35-23)26-34-24(36-42-26)18-9-12-21(20(29)15-18)32-27(37)31-13-14-39-28(38)30-6-2/h7-12,15-16,22H,5-6,13-14H2,1-4H3,(H,30,38)(H2,31,32,37). The van der Waals surface area contributed by atoms with Gasteiger partial charge < -0.3 is 34.5 Å². The van der Waals surface area contributed by atoms with Crippen LogP contribution in [0.5, 0.6) is 5.75 Å². The number of amides is 3. The summed E-state index contributed by atoms with van der Waals surface area (Å²) in [6.45, 7) is 8.07. The van der Waals surface area contributed by atoms with Crippen LogP contribution in [0.15, 0.2) is 51.5 Å². The van der Waals surface area contributed by atoms with Gasteiger partial charge in [0.25, 0.3) is 5.89 Å². The number of benzene rings is 2. The number of aromatic nitrogens is 4. The molecule has 3 amide bonds. The molecule has 0 spiro atoms. The average Bonchev–Trinajstić information content (AvgIpc) is 3.67. The molecule has 1 atom stereocenters. The second kappa shape index (κ2) is 14.1. The van der Waals surface area contributed by atoms with E-state index in [1.807, 2.05) is 32.9 Å². The number of carbonyl (C=O) groups excluding carboxylic acids is 2. The second-order valence-corrected chi connectivity index (χ2v) is 9.35. The van der Waals surface area contributed by atoms with Crippen molar-refractivity contribution in [3.63, 3.8) is 0 Å². The third-order valence-corrected chi connectivity index (χ3v) is 5.83. The molecule has 0 saturated carbocycles. The summed E-state index contributed by atoms with van der Waals surface area (Å²) in [6, 6.07) is 10.7. The fraction of sp³-hybridized carbons (Fsp3) is 0.357. The first-order valence-corrected chi connectivity index (χ1v) is 13.5. The third kappa shape index (κ3) is 7.80. The van der Waals surface area contributed by atoms with E-state index >= 15 is 0 Å². The number of hydrogen-bond acceptors (Lipinski definition) is 10. The van der Waals surface area contributed by atoms with Gasteiger partial charge in [0.15, 0.2) is 6.10 Å². The minimum Gasteiger partial charge on any atom is -0.481 e. The molecule has 14 heteroatoms. The van der Waals surface area contributed by atoms with Crippen molar-refractivity contribution in [2.24, 2.45) is 0 Å². The van der Waals surface area contributed by atoms with E-state index in [4.69, 9.17) is 18.5 Å². The number of nitrogens with one attached hydrogen (secondary N) is 3. The monoisotopic (exact) mass is 581 g/mol. The molecule has 2 heterocycles. The summed E-state index contributed by atoms with van der Waals surface area (Å²) < 4.78 is 36.4. The van der Waals surface area contributed by atoms with E-state index in [1.54, 1.807) is 25.1 Å². The van der Waals surface area contributed by atoms with Crippen LogP contribution in [0.1, 0.15) is 57.9 Å². The highest BCUT2D eigenvalue weighted by Crippen LogP contribution is 2.29. The SMILES string of the molecule is CCNC(=O)OCCNC(=O)Nc1ccc(-c2noc(C(CC)Oc3ccc(-c4noc(C(C)C)n4)cc3)n2)cc1F. The molecule has 42 heavy (non-hydrogen) atoms. The van der Waals surface area contributed by atoms with Crippen LogP contribution in [0.2, 0.25) is 0 Å². The van der Waals surface area contributed by atoms with Crippen LogP contribution in [-0.2, 0) is 4.74 Å². The smallest absolute Gasteiger partial charge is 0.407 e. The van der Waals surface area contributed by atoms with E-state index < -0.39 is 24.0 Å². The Morgan fingerprint density at radius 3 is 2.24 bits per heavy atom. The Kier molecular flexibility index (Phi) is 10.0. The molecule has 2 aromatic carbocycles. The molecule has 4 rings (SSSR count).